The first-order chi connectivity index (χ1) is 15.4. The zero-order chi connectivity index (χ0) is 23.1. The molecular weight excluding hydrogens is 402 g/mol. The Bertz CT molecular complexity index is 990. The van der Waals surface area contributed by atoms with Crippen LogP contribution in [-0.4, -0.2) is 50.2 Å². The summed E-state index contributed by atoms with van der Waals surface area (Å²) < 4.78 is 17.5. The fourth-order valence-electron chi connectivity index (χ4n) is 3.99. The summed E-state index contributed by atoms with van der Waals surface area (Å²) >= 11 is 0. The van der Waals surface area contributed by atoms with Crippen molar-refractivity contribution >= 4 is 5.84 Å². The predicted molar refractivity (Wildman–Crippen MR) is 126 cm³/mol. The van der Waals surface area contributed by atoms with Crippen molar-refractivity contribution in [3.05, 3.63) is 64.1 Å². The molecule has 6 heteroatoms. The first-order valence-electron chi connectivity index (χ1n) is 11.1. The molecule has 1 aromatic rings. The van der Waals surface area contributed by atoms with Gasteiger partial charge in [-0.2, -0.15) is 5.26 Å². The lowest BCUT2D eigenvalue weighted by Crippen LogP contribution is -2.42. The van der Waals surface area contributed by atoms with Gasteiger partial charge in [0.15, 0.2) is 5.76 Å². The van der Waals surface area contributed by atoms with Gasteiger partial charge in [0.1, 0.15) is 36.7 Å². The van der Waals surface area contributed by atoms with Gasteiger partial charge in [-0.15, -0.1) is 0 Å². The highest BCUT2D eigenvalue weighted by molar-refractivity contribution is 5.99. The van der Waals surface area contributed by atoms with E-state index >= 15 is 0 Å². The van der Waals surface area contributed by atoms with E-state index in [9.17, 15) is 0 Å². The van der Waals surface area contributed by atoms with Crippen LogP contribution < -0.4 is 4.74 Å². The van der Waals surface area contributed by atoms with Crippen LogP contribution >= 0.6 is 0 Å². The molecule has 1 aromatic carbocycles. The summed E-state index contributed by atoms with van der Waals surface area (Å²) in [4.78, 5) is 6.96. The monoisotopic (exact) mass is 435 g/mol. The lowest BCUT2D eigenvalue weighted by molar-refractivity contribution is 0.0707. The fraction of sp³-hybridized carbons (Fsp3) is 0.462. The molecule has 0 spiro atoms. The van der Waals surface area contributed by atoms with Gasteiger partial charge in [-0.25, -0.2) is 0 Å². The minimum absolute atomic E-state index is 0.142. The zero-order valence-electron chi connectivity index (χ0n) is 19.8. The molecule has 0 atom stereocenters. The number of nitriles is 1. The first-order valence-corrected chi connectivity index (χ1v) is 11.1. The van der Waals surface area contributed by atoms with Crippen molar-refractivity contribution in [1.29, 1.82) is 5.26 Å². The van der Waals surface area contributed by atoms with E-state index in [4.69, 9.17) is 19.5 Å². The van der Waals surface area contributed by atoms with Gasteiger partial charge < -0.3 is 19.1 Å². The van der Waals surface area contributed by atoms with E-state index in [0.717, 1.165) is 60.2 Å². The number of aliphatic imine (C=N–C) groups is 1. The van der Waals surface area contributed by atoms with Crippen molar-refractivity contribution in [3.8, 4) is 11.8 Å². The minimum atomic E-state index is 0.142. The van der Waals surface area contributed by atoms with Crippen LogP contribution in [0.1, 0.15) is 46.1 Å². The third kappa shape index (κ3) is 5.73. The Labute approximate surface area is 191 Å². The summed E-state index contributed by atoms with van der Waals surface area (Å²) in [5.41, 5.74) is 4.11. The summed E-state index contributed by atoms with van der Waals surface area (Å²) in [5.74, 6) is 3.41. The lowest BCUT2D eigenvalue weighted by atomic mass is 10.00. The Hall–Kier alpha value is -3.20. The number of amidine groups is 1. The Morgan fingerprint density at radius 1 is 1.16 bits per heavy atom. The van der Waals surface area contributed by atoms with Crippen LogP contribution in [0.4, 0.5) is 0 Å². The Balaban J connectivity index is 1.66. The van der Waals surface area contributed by atoms with E-state index in [1.54, 1.807) is 12.1 Å². The number of allylic oxidation sites excluding steroid dienone is 4. The molecule has 0 unspecified atom stereocenters. The van der Waals surface area contributed by atoms with E-state index in [0.29, 0.717) is 18.8 Å². The van der Waals surface area contributed by atoms with Gasteiger partial charge in [0.25, 0.3) is 0 Å². The largest absolute Gasteiger partial charge is 0.491 e. The number of rotatable bonds is 5. The summed E-state index contributed by atoms with van der Waals surface area (Å²) in [6.45, 7) is 11.2. The topological polar surface area (TPSA) is 67.1 Å². The van der Waals surface area contributed by atoms with Crippen LogP contribution in [0.15, 0.2) is 63.6 Å². The maximum atomic E-state index is 9.08. The van der Waals surface area contributed by atoms with Crippen LogP contribution in [0.25, 0.3) is 0 Å². The molecule has 0 amide bonds. The standard InChI is InChI=1S/C26H33N3O3/c1-18(15-25-21(4)30-13-14-31-25)19(2)20(3)26(28-5)29-11-9-23(10-12-29)32-24-8-6-7-22(16-24)17-27/h6-8,15-16,23H,9-14H2,1-5H3/b18-15+,20-19+,28-26?. The molecule has 170 valence electrons. The maximum absolute atomic E-state index is 9.08. The van der Waals surface area contributed by atoms with Crippen molar-refractivity contribution in [2.45, 2.75) is 46.6 Å². The van der Waals surface area contributed by atoms with Gasteiger partial charge in [0.05, 0.1) is 11.6 Å². The maximum Gasteiger partial charge on any atom is 0.157 e. The normalized spacial score (nSPS) is 19.1. The fourth-order valence-corrected chi connectivity index (χ4v) is 3.99. The highest BCUT2D eigenvalue weighted by atomic mass is 16.6. The zero-order valence-corrected chi connectivity index (χ0v) is 19.8. The van der Waals surface area contributed by atoms with Crippen molar-refractivity contribution in [2.75, 3.05) is 33.4 Å². The second-order valence-corrected chi connectivity index (χ2v) is 8.19. The predicted octanol–water partition coefficient (Wildman–Crippen LogP) is 4.99. The molecule has 0 aliphatic carbocycles. The van der Waals surface area contributed by atoms with Gasteiger partial charge in [-0.05, 0) is 68.7 Å². The average molecular weight is 436 g/mol. The molecule has 2 aliphatic rings. The molecule has 2 aliphatic heterocycles. The van der Waals surface area contributed by atoms with Crippen molar-refractivity contribution in [3.63, 3.8) is 0 Å². The third-order valence-corrected chi connectivity index (χ3v) is 6.06. The SMILES string of the molecule is CN=C(/C(C)=C(C)/C(C)=C/C1=C(C)OCCO1)N1CCC(Oc2cccc(C#N)c2)CC1. The van der Waals surface area contributed by atoms with Gasteiger partial charge in [-0.1, -0.05) is 6.07 Å². The van der Waals surface area contributed by atoms with Crippen LogP contribution in [0.5, 0.6) is 5.75 Å². The van der Waals surface area contributed by atoms with Crippen molar-refractivity contribution < 1.29 is 14.2 Å². The van der Waals surface area contributed by atoms with Crippen molar-refractivity contribution in [2.24, 2.45) is 4.99 Å². The molecule has 0 N–H and O–H groups in total. The number of likely N-dealkylation sites (tertiary alicyclic amines) is 1. The molecule has 0 aromatic heterocycles. The van der Waals surface area contributed by atoms with Gasteiger partial charge >= 0.3 is 0 Å². The highest BCUT2D eigenvalue weighted by Crippen LogP contribution is 2.25. The average Bonchev–Trinajstić information content (AvgIpc) is 2.81. The molecule has 1 saturated heterocycles. The number of hydrogen-bond acceptors (Lipinski definition) is 5. The van der Waals surface area contributed by atoms with Gasteiger partial charge in [-0.3, -0.25) is 4.99 Å². The van der Waals surface area contributed by atoms with Crippen LogP contribution in [0.2, 0.25) is 0 Å². The summed E-state index contributed by atoms with van der Waals surface area (Å²) in [5, 5.41) is 9.08. The first kappa shape index (κ1) is 23.5. The Morgan fingerprint density at radius 2 is 1.88 bits per heavy atom. The second-order valence-electron chi connectivity index (χ2n) is 8.19. The molecule has 1 fully saturated rings. The molecular formula is C26H33N3O3. The number of ether oxygens (including phenoxy) is 3. The summed E-state index contributed by atoms with van der Waals surface area (Å²) in [6, 6.07) is 9.53. The number of nitrogens with zero attached hydrogens (tertiary/aromatic N) is 3. The summed E-state index contributed by atoms with van der Waals surface area (Å²) in [7, 11) is 1.85. The Kier molecular flexibility index (Phi) is 7.99. The molecule has 2 heterocycles. The smallest absolute Gasteiger partial charge is 0.157 e. The van der Waals surface area contributed by atoms with E-state index in [2.05, 4.69) is 42.8 Å². The van der Waals surface area contributed by atoms with Gasteiger partial charge in [0, 0.05) is 33.0 Å². The van der Waals surface area contributed by atoms with E-state index < -0.39 is 0 Å². The second kappa shape index (κ2) is 10.9. The van der Waals surface area contributed by atoms with E-state index in [1.807, 2.05) is 26.1 Å². The number of hydrogen-bond donors (Lipinski definition) is 0. The van der Waals surface area contributed by atoms with Gasteiger partial charge in [0.2, 0.25) is 0 Å². The molecule has 6 nitrogen and oxygen atoms in total. The van der Waals surface area contributed by atoms with Crippen molar-refractivity contribution in [1.82, 2.24) is 4.90 Å². The molecule has 0 radical (unpaired) electrons. The van der Waals surface area contributed by atoms with E-state index in [-0.39, 0.29) is 6.10 Å². The van der Waals surface area contributed by atoms with Crippen LogP contribution in [0, 0.1) is 11.3 Å². The highest BCUT2D eigenvalue weighted by Gasteiger charge is 2.24. The molecule has 0 bridgehead atoms. The van der Waals surface area contributed by atoms with E-state index in [1.165, 1.54) is 5.57 Å². The quantitative estimate of drug-likeness (QED) is 0.370. The molecule has 0 saturated carbocycles. The third-order valence-electron chi connectivity index (χ3n) is 6.06. The number of piperidine rings is 1. The van der Waals surface area contributed by atoms with Crippen LogP contribution in [-0.2, 0) is 9.47 Å². The summed E-state index contributed by atoms with van der Waals surface area (Å²) in [6.07, 6.45) is 4.02. The number of benzene rings is 1. The molecule has 3 rings (SSSR count). The van der Waals surface area contributed by atoms with Crippen LogP contribution in [0.3, 0.4) is 0 Å². The minimum Gasteiger partial charge on any atom is -0.491 e. The molecule has 32 heavy (non-hydrogen) atoms. The Morgan fingerprint density at radius 3 is 2.53 bits per heavy atom. The lowest BCUT2D eigenvalue weighted by Gasteiger charge is -2.35.